The molecule has 0 N–H and O–H groups in total. The minimum absolute atomic E-state index is 0.0903. The third-order valence-corrected chi connectivity index (χ3v) is 4.26. The molecule has 2 aromatic carbocycles. The first-order chi connectivity index (χ1) is 14.4. The van der Waals surface area contributed by atoms with Gasteiger partial charge in [0, 0.05) is 23.4 Å². The van der Waals surface area contributed by atoms with Gasteiger partial charge in [0.2, 0.25) is 5.88 Å². The van der Waals surface area contributed by atoms with E-state index in [1.54, 1.807) is 7.11 Å². The predicted molar refractivity (Wildman–Crippen MR) is 106 cm³/mol. The number of benzene rings is 2. The van der Waals surface area contributed by atoms with Crippen molar-refractivity contribution in [2.45, 2.75) is 12.8 Å². The molecule has 1 heterocycles. The van der Waals surface area contributed by atoms with Gasteiger partial charge in [0.1, 0.15) is 25.2 Å². The first kappa shape index (κ1) is 21.2. The summed E-state index contributed by atoms with van der Waals surface area (Å²) in [4.78, 5) is 8.77. The van der Waals surface area contributed by atoms with E-state index in [2.05, 4.69) is 10.1 Å². The average molecular weight is 416 g/mol. The van der Waals surface area contributed by atoms with E-state index in [0.717, 1.165) is 29.0 Å². The molecule has 0 aliphatic carbocycles. The maximum Gasteiger partial charge on any atom is 0.417 e. The van der Waals surface area contributed by atoms with Crippen molar-refractivity contribution in [1.29, 1.82) is 0 Å². The lowest BCUT2D eigenvalue weighted by molar-refractivity contribution is -0.137. The van der Waals surface area contributed by atoms with Crippen molar-refractivity contribution in [3.63, 3.8) is 0 Å². The molecule has 0 atom stereocenters. The molecule has 5 nitrogen and oxygen atoms in total. The zero-order chi connectivity index (χ0) is 21.6. The number of halogens is 3. The first-order valence-corrected chi connectivity index (χ1v) is 8.92. The molecule has 1 aromatic heterocycles. The lowest BCUT2D eigenvalue weighted by Crippen LogP contribution is -2.10. The molecule has 0 aliphatic rings. The number of aromatic nitrogens is 1. The summed E-state index contributed by atoms with van der Waals surface area (Å²) in [5.74, 6) is 0.799. The van der Waals surface area contributed by atoms with Gasteiger partial charge in [-0.2, -0.15) is 13.2 Å². The number of rotatable bonds is 7. The summed E-state index contributed by atoms with van der Waals surface area (Å²) < 4.78 is 48.8. The Morgan fingerprint density at radius 3 is 2.30 bits per heavy atom. The topological polar surface area (TPSA) is 52.9 Å². The van der Waals surface area contributed by atoms with Gasteiger partial charge in [0.15, 0.2) is 0 Å². The number of hydrogen-bond donors (Lipinski definition) is 0. The minimum Gasteiger partial charge on any atom is -0.497 e. The third-order valence-electron chi connectivity index (χ3n) is 4.26. The molecule has 8 heteroatoms. The fourth-order valence-corrected chi connectivity index (χ4v) is 2.76. The summed E-state index contributed by atoms with van der Waals surface area (Å²) in [6.07, 6.45) is -3.70. The summed E-state index contributed by atoms with van der Waals surface area (Å²) in [6, 6.07) is 16.8. The molecule has 0 aliphatic heterocycles. The summed E-state index contributed by atoms with van der Waals surface area (Å²) in [5.41, 5.74) is 2.09. The molecule has 0 spiro atoms. The van der Waals surface area contributed by atoms with Gasteiger partial charge in [-0.25, -0.2) is 4.98 Å². The standard InChI is InChI=1S/C22H19F3N2O3/c1-28-18-10-7-15(8-11-18)21(27-29-2)19-6-4-3-5-16(19)14-30-20-12-9-17(13-26-20)22(23,24)25/h3-13H,14H2,1-2H3/b27-21-. The van der Waals surface area contributed by atoms with E-state index < -0.39 is 11.7 Å². The van der Waals surface area contributed by atoms with E-state index in [4.69, 9.17) is 14.3 Å². The molecule has 3 rings (SSSR count). The van der Waals surface area contributed by atoms with Crippen molar-refractivity contribution in [2.24, 2.45) is 5.16 Å². The van der Waals surface area contributed by atoms with Crippen molar-refractivity contribution >= 4 is 5.71 Å². The lowest BCUT2D eigenvalue weighted by atomic mass is 9.98. The maximum absolute atomic E-state index is 12.7. The number of oxime groups is 1. The van der Waals surface area contributed by atoms with Crippen LogP contribution in [0.5, 0.6) is 11.6 Å². The van der Waals surface area contributed by atoms with E-state index >= 15 is 0 Å². The van der Waals surface area contributed by atoms with E-state index in [-0.39, 0.29) is 12.5 Å². The molecule has 0 radical (unpaired) electrons. The fraction of sp³-hybridized carbons (Fsp3) is 0.182. The first-order valence-electron chi connectivity index (χ1n) is 8.92. The third kappa shape index (κ3) is 5.08. The molecule has 0 saturated carbocycles. The Morgan fingerprint density at radius 1 is 0.967 bits per heavy atom. The van der Waals surface area contributed by atoms with Crippen LogP contribution in [0.25, 0.3) is 0 Å². The Kier molecular flexibility index (Phi) is 6.56. The second-order valence-electron chi connectivity index (χ2n) is 6.18. The van der Waals surface area contributed by atoms with Crippen LogP contribution in [0.2, 0.25) is 0 Å². The smallest absolute Gasteiger partial charge is 0.417 e. The van der Waals surface area contributed by atoms with Crippen LogP contribution >= 0.6 is 0 Å². The predicted octanol–water partition coefficient (Wildman–Crippen LogP) is 5.09. The molecule has 3 aromatic rings. The number of methoxy groups -OCH3 is 1. The molecule has 0 saturated heterocycles. The number of pyridine rings is 1. The highest BCUT2D eigenvalue weighted by molar-refractivity contribution is 6.13. The van der Waals surface area contributed by atoms with Crippen LogP contribution in [-0.2, 0) is 17.6 Å². The Labute approximate surface area is 171 Å². The Bertz CT molecular complexity index is 1000. The Morgan fingerprint density at radius 2 is 1.70 bits per heavy atom. The lowest BCUT2D eigenvalue weighted by Gasteiger charge is -2.13. The van der Waals surface area contributed by atoms with Crippen molar-refractivity contribution in [1.82, 2.24) is 4.98 Å². The van der Waals surface area contributed by atoms with Crippen LogP contribution in [0.4, 0.5) is 13.2 Å². The van der Waals surface area contributed by atoms with Gasteiger partial charge in [-0.3, -0.25) is 0 Å². The van der Waals surface area contributed by atoms with Crippen molar-refractivity contribution in [3.05, 3.63) is 89.1 Å². The largest absolute Gasteiger partial charge is 0.497 e. The van der Waals surface area contributed by atoms with Gasteiger partial charge in [0.05, 0.1) is 12.7 Å². The quantitative estimate of drug-likeness (QED) is 0.398. The maximum atomic E-state index is 12.7. The number of nitrogens with zero attached hydrogens (tertiary/aromatic N) is 2. The molecule has 156 valence electrons. The van der Waals surface area contributed by atoms with Crippen LogP contribution in [0.3, 0.4) is 0 Å². The van der Waals surface area contributed by atoms with Gasteiger partial charge >= 0.3 is 6.18 Å². The number of ether oxygens (including phenoxy) is 2. The van der Waals surface area contributed by atoms with Crippen LogP contribution in [0, 0.1) is 0 Å². The van der Waals surface area contributed by atoms with Crippen molar-refractivity contribution in [2.75, 3.05) is 14.2 Å². The van der Waals surface area contributed by atoms with Crippen LogP contribution in [0.1, 0.15) is 22.3 Å². The summed E-state index contributed by atoms with van der Waals surface area (Å²) in [7, 11) is 3.04. The second-order valence-corrected chi connectivity index (χ2v) is 6.18. The normalized spacial score (nSPS) is 11.8. The zero-order valence-electron chi connectivity index (χ0n) is 16.3. The number of hydrogen-bond acceptors (Lipinski definition) is 5. The van der Waals surface area contributed by atoms with Crippen LogP contribution < -0.4 is 9.47 Å². The van der Waals surface area contributed by atoms with E-state index in [0.29, 0.717) is 11.5 Å². The zero-order valence-corrected chi connectivity index (χ0v) is 16.3. The van der Waals surface area contributed by atoms with Gasteiger partial charge in [0.25, 0.3) is 0 Å². The van der Waals surface area contributed by atoms with Crippen LogP contribution in [-0.4, -0.2) is 24.9 Å². The van der Waals surface area contributed by atoms with Gasteiger partial charge < -0.3 is 14.3 Å². The molecule has 30 heavy (non-hydrogen) atoms. The molecular weight excluding hydrogens is 397 g/mol. The molecule has 0 unspecified atom stereocenters. The van der Waals surface area contributed by atoms with E-state index in [1.165, 1.54) is 13.2 Å². The molecular formula is C22H19F3N2O3. The Balaban J connectivity index is 1.84. The molecule has 0 fully saturated rings. The van der Waals surface area contributed by atoms with E-state index in [1.807, 2.05) is 48.5 Å². The minimum atomic E-state index is -4.44. The van der Waals surface area contributed by atoms with Crippen LogP contribution in [0.15, 0.2) is 72.0 Å². The van der Waals surface area contributed by atoms with E-state index in [9.17, 15) is 13.2 Å². The summed E-state index contributed by atoms with van der Waals surface area (Å²) in [6.45, 7) is 0.0907. The highest BCUT2D eigenvalue weighted by atomic mass is 19.4. The summed E-state index contributed by atoms with van der Waals surface area (Å²) in [5, 5.41) is 4.15. The Hall–Kier alpha value is -3.55. The van der Waals surface area contributed by atoms with Crippen molar-refractivity contribution in [3.8, 4) is 11.6 Å². The van der Waals surface area contributed by atoms with Gasteiger partial charge in [-0.05, 0) is 35.9 Å². The highest BCUT2D eigenvalue weighted by Crippen LogP contribution is 2.29. The molecule has 0 amide bonds. The average Bonchev–Trinajstić information content (AvgIpc) is 2.76. The second kappa shape index (κ2) is 9.30. The highest BCUT2D eigenvalue weighted by Gasteiger charge is 2.30. The molecule has 0 bridgehead atoms. The monoisotopic (exact) mass is 416 g/mol. The van der Waals surface area contributed by atoms with Crippen molar-refractivity contribution < 1.29 is 27.5 Å². The number of alkyl halides is 3. The fourth-order valence-electron chi connectivity index (χ4n) is 2.76. The van der Waals surface area contributed by atoms with Gasteiger partial charge in [-0.15, -0.1) is 0 Å². The summed E-state index contributed by atoms with van der Waals surface area (Å²) >= 11 is 0. The SMILES string of the molecule is CO/N=C(/c1ccc(OC)cc1)c1ccccc1COc1ccc(C(F)(F)F)cn1. The van der Waals surface area contributed by atoms with Gasteiger partial charge in [-0.1, -0.05) is 29.4 Å².